The summed E-state index contributed by atoms with van der Waals surface area (Å²) in [7, 11) is 0. The summed E-state index contributed by atoms with van der Waals surface area (Å²) in [6.45, 7) is 11.0. The predicted molar refractivity (Wildman–Crippen MR) is 116 cm³/mol. The summed E-state index contributed by atoms with van der Waals surface area (Å²) in [5.74, 6) is 1.01. The molecule has 6 heteroatoms. The maximum Gasteiger partial charge on any atom is 0.224 e. The number of carbonyl (C=O) groups is 2. The molecule has 29 heavy (non-hydrogen) atoms. The third kappa shape index (κ3) is 4.94. The molecule has 0 aliphatic carbocycles. The van der Waals surface area contributed by atoms with E-state index in [0.29, 0.717) is 26.1 Å². The maximum atomic E-state index is 12.8. The third-order valence-corrected chi connectivity index (χ3v) is 5.44. The van der Waals surface area contributed by atoms with Crippen LogP contribution < -0.4 is 9.80 Å². The van der Waals surface area contributed by atoms with Crippen LogP contribution in [0.2, 0.25) is 0 Å². The minimum absolute atomic E-state index is 0.0344. The van der Waals surface area contributed by atoms with Gasteiger partial charge in [-0.15, -0.1) is 0 Å². The molecule has 0 radical (unpaired) electrons. The number of hydrogen-bond donors (Lipinski definition) is 0. The van der Waals surface area contributed by atoms with Crippen LogP contribution in [0.25, 0.3) is 0 Å². The first-order valence-electron chi connectivity index (χ1n) is 10.2. The minimum atomic E-state index is -0.0344. The van der Waals surface area contributed by atoms with Crippen molar-refractivity contribution in [3.8, 4) is 0 Å². The molecule has 0 N–H and O–H groups in total. The number of nitrogens with zero attached hydrogens (tertiary/aromatic N) is 4. The fourth-order valence-corrected chi connectivity index (χ4v) is 4.12. The summed E-state index contributed by atoms with van der Waals surface area (Å²) in [5.41, 5.74) is 4.23. The Morgan fingerprint density at radius 1 is 1.03 bits per heavy atom. The van der Waals surface area contributed by atoms with Gasteiger partial charge >= 0.3 is 0 Å². The second kappa shape index (κ2) is 9.07. The molecule has 154 valence electrons. The van der Waals surface area contributed by atoms with E-state index in [1.165, 1.54) is 5.56 Å². The van der Waals surface area contributed by atoms with Crippen molar-refractivity contribution >= 4 is 23.3 Å². The van der Waals surface area contributed by atoms with Crippen molar-refractivity contribution in [2.75, 3.05) is 42.5 Å². The molecular formula is C23H30N4O2. The molecular weight excluding hydrogens is 364 g/mol. The SMILES string of the molecule is CC(=O)N(CCC(=O)N1CCN(c2ccccn2)CC1)c1c(C)cc(C)cc1C. The van der Waals surface area contributed by atoms with E-state index < -0.39 is 0 Å². The first kappa shape index (κ1) is 20.8. The van der Waals surface area contributed by atoms with Gasteiger partial charge in [0.1, 0.15) is 5.82 Å². The van der Waals surface area contributed by atoms with Crippen LogP contribution in [-0.2, 0) is 9.59 Å². The normalized spacial score (nSPS) is 14.1. The number of benzene rings is 1. The largest absolute Gasteiger partial charge is 0.353 e. The van der Waals surface area contributed by atoms with E-state index in [9.17, 15) is 9.59 Å². The van der Waals surface area contributed by atoms with Crippen LogP contribution in [0.15, 0.2) is 36.5 Å². The summed E-state index contributed by atoms with van der Waals surface area (Å²) in [5, 5.41) is 0. The van der Waals surface area contributed by atoms with Crippen molar-refractivity contribution < 1.29 is 9.59 Å². The zero-order valence-corrected chi connectivity index (χ0v) is 17.8. The lowest BCUT2D eigenvalue weighted by atomic mass is 10.0. The quantitative estimate of drug-likeness (QED) is 0.782. The van der Waals surface area contributed by atoms with Crippen molar-refractivity contribution in [1.29, 1.82) is 0 Å². The Morgan fingerprint density at radius 3 is 2.24 bits per heavy atom. The molecule has 1 aliphatic rings. The van der Waals surface area contributed by atoms with E-state index in [1.54, 1.807) is 18.0 Å². The molecule has 0 bridgehead atoms. The van der Waals surface area contributed by atoms with Gasteiger partial charge in [-0.2, -0.15) is 0 Å². The monoisotopic (exact) mass is 394 g/mol. The van der Waals surface area contributed by atoms with E-state index in [2.05, 4.69) is 28.9 Å². The summed E-state index contributed by atoms with van der Waals surface area (Å²) in [6.07, 6.45) is 2.12. The molecule has 2 heterocycles. The van der Waals surface area contributed by atoms with Crippen molar-refractivity contribution in [1.82, 2.24) is 9.88 Å². The van der Waals surface area contributed by atoms with Crippen molar-refractivity contribution in [3.05, 3.63) is 53.2 Å². The summed E-state index contributed by atoms with van der Waals surface area (Å²) in [6, 6.07) is 10.0. The average molecular weight is 395 g/mol. The van der Waals surface area contributed by atoms with Gasteiger partial charge in [0.25, 0.3) is 0 Å². The average Bonchev–Trinajstić information content (AvgIpc) is 2.70. The number of piperazine rings is 1. The number of aryl methyl sites for hydroxylation is 3. The highest BCUT2D eigenvalue weighted by atomic mass is 16.2. The van der Waals surface area contributed by atoms with Crippen LogP contribution in [0.1, 0.15) is 30.0 Å². The molecule has 1 aromatic carbocycles. The second-order valence-corrected chi connectivity index (χ2v) is 7.72. The van der Waals surface area contributed by atoms with Gasteiger partial charge in [-0.1, -0.05) is 23.8 Å². The number of hydrogen-bond acceptors (Lipinski definition) is 4. The van der Waals surface area contributed by atoms with Crippen molar-refractivity contribution in [2.24, 2.45) is 0 Å². The lowest BCUT2D eigenvalue weighted by Crippen LogP contribution is -2.49. The Kier molecular flexibility index (Phi) is 6.52. The van der Waals surface area contributed by atoms with Gasteiger partial charge in [0, 0.05) is 58.0 Å². The number of carbonyl (C=O) groups excluding carboxylic acids is 2. The standard InChI is InChI=1S/C23H30N4O2/c1-17-15-18(2)23(19(3)16-17)27(20(4)28)10-8-22(29)26-13-11-25(12-14-26)21-7-5-6-9-24-21/h5-7,9,15-16H,8,10-14H2,1-4H3. The topological polar surface area (TPSA) is 56.8 Å². The van der Waals surface area contributed by atoms with Crippen LogP contribution in [0.3, 0.4) is 0 Å². The molecule has 0 unspecified atom stereocenters. The first-order chi connectivity index (χ1) is 13.9. The van der Waals surface area contributed by atoms with Gasteiger partial charge in [-0.25, -0.2) is 4.98 Å². The Balaban J connectivity index is 1.60. The van der Waals surface area contributed by atoms with Crippen molar-refractivity contribution in [3.63, 3.8) is 0 Å². The van der Waals surface area contributed by atoms with Crippen LogP contribution in [0, 0.1) is 20.8 Å². The van der Waals surface area contributed by atoms with Crippen molar-refractivity contribution in [2.45, 2.75) is 34.1 Å². The molecule has 1 saturated heterocycles. The van der Waals surface area contributed by atoms with Gasteiger partial charge in [0.15, 0.2) is 0 Å². The molecule has 1 aliphatic heterocycles. The molecule has 0 saturated carbocycles. The Bertz CT molecular complexity index is 851. The van der Waals surface area contributed by atoms with Gasteiger partial charge < -0.3 is 14.7 Å². The first-order valence-corrected chi connectivity index (χ1v) is 10.2. The molecule has 0 atom stereocenters. The van der Waals surface area contributed by atoms with Gasteiger partial charge in [-0.3, -0.25) is 9.59 Å². The lowest BCUT2D eigenvalue weighted by molar-refractivity contribution is -0.131. The van der Waals surface area contributed by atoms with Crippen LogP contribution in [0.4, 0.5) is 11.5 Å². The van der Waals surface area contributed by atoms with Crippen LogP contribution >= 0.6 is 0 Å². The van der Waals surface area contributed by atoms with E-state index in [4.69, 9.17) is 0 Å². The van der Waals surface area contributed by atoms with E-state index in [1.807, 2.05) is 36.9 Å². The lowest BCUT2D eigenvalue weighted by Gasteiger charge is -2.36. The zero-order chi connectivity index (χ0) is 21.0. The second-order valence-electron chi connectivity index (χ2n) is 7.72. The van der Waals surface area contributed by atoms with Crippen LogP contribution in [-0.4, -0.2) is 54.4 Å². The number of anilines is 2. The fourth-order valence-electron chi connectivity index (χ4n) is 4.12. The van der Waals surface area contributed by atoms with Gasteiger partial charge in [0.05, 0.1) is 0 Å². The molecule has 2 aromatic rings. The fraction of sp³-hybridized carbons (Fsp3) is 0.435. The number of pyridine rings is 1. The maximum absolute atomic E-state index is 12.8. The summed E-state index contributed by atoms with van der Waals surface area (Å²) >= 11 is 0. The number of amides is 2. The van der Waals surface area contributed by atoms with Gasteiger partial charge in [-0.05, 0) is 44.0 Å². The number of aromatic nitrogens is 1. The highest BCUT2D eigenvalue weighted by Crippen LogP contribution is 2.27. The summed E-state index contributed by atoms with van der Waals surface area (Å²) in [4.78, 5) is 35.3. The molecule has 1 fully saturated rings. The zero-order valence-electron chi connectivity index (χ0n) is 17.8. The predicted octanol–water partition coefficient (Wildman–Crippen LogP) is 3.10. The minimum Gasteiger partial charge on any atom is -0.353 e. The molecule has 1 aromatic heterocycles. The molecule has 6 nitrogen and oxygen atoms in total. The molecule has 2 amide bonds. The number of rotatable bonds is 5. The molecule has 3 rings (SSSR count). The molecule has 0 spiro atoms. The highest BCUT2D eigenvalue weighted by Gasteiger charge is 2.23. The van der Waals surface area contributed by atoms with E-state index in [0.717, 1.165) is 35.7 Å². The summed E-state index contributed by atoms with van der Waals surface area (Å²) < 4.78 is 0. The van der Waals surface area contributed by atoms with E-state index in [-0.39, 0.29) is 11.8 Å². The third-order valence-electron chi connectivity index (χ3n) is 5.44. The Labute approximate surface area is 173 Å². The van der Waals surface area contributed by atoms with Crippen LogP contribution in [0.5, 0.6) is 0 Å². The Morgan fingerprint density at radius 2 is 1.69 bits per heavy atom. The smallest absolute Gasteiger partial charge is 0.224 e. The van der Waals surface area contributed by atoms with Gasteiger partial charge in [0.2, 0.25) is 11.8 Å². The van der Waals surface area contributed by atoms with E-state index >= 15 is 0 Å². The Hall–Kier alpha value is -2.89. The highest BCUT2D eigenvalue weighted by molar-refractivity contribution is 5.94.